The van der Waals surface area contributed by atoms with Crippen LogP contribution in [0, 0.1) is 17.5 Å². The van der Waals surface area contributed by atoms with E-state index in [0.29, 0.717) is 0 Å². The minimum Gasteiger partial charge on any atom is -0.473 e. The maximum Gasteiger partial charge on any atom is 0.238 e. The van der Waals surface area contributed by atoms with Crippen molar-refractivity contribution in [3.63, 3.8) is 0 Å². The molecule has 0 saturated carbocycles. The first-order valence-electron chi connectivity index (χ1n) is 9.39. The number of hydrogen-bond donors (Lipinski definition) is 2. The number of hydrazine groups is 1. The Morgan fingerprint density at radius 3 is 2.42 bits per heavy atom. The van der Waals surface area contributed by atoms with Crippen LogP contribution in [0.5, 0.6) is 5.88 Å². The number of aromatic nitrogens is 1. The van der Waals surface area contributed by atoms with Crippen LogP contribution in [-0.4, -0.2) is 10.9 Å². The Balaban J connectivity index is 0.00000166. The van der Waals surface area contributed by atoms with Crippen molar-refractivity contribution in [3.8, 4) is 17.1 Å². The van der Waals surface area contributed by atoms with Gasteiger partial charge in [-0.25, -0.2) is 24.0 Å². The summed E-state index contributed by atoms with van der Waals surface area (Å²) >= 11 is 5.71. The molecule has 0 radical (unpaired) electrons. The van der Waals surface area contributed by atoms with E-state index in [9.17, 15) is 18.0 Å². The van der Waals surface area contributed by atoms with Crippen molar-refractivity contribution in [1.82, 2.24) is 10.4 Å². The van der Waals surface area contributed by atoms with E-state index in [1.165, 1.54) is 24.3 Å². The lowest BCUT2D eigenvalue weighted by atomic mass is 10.0. The van der Waals surface area contributed by atoms with Gasteiger partial charge in [-0.15, -0.1) is 0 Å². The number of carbonyl (C=O) groups is 1. The monoisotopic (exact) mass is 451 g/mol. The van der Waals surface area contributed by atoms with Crippen molar-refractivity contribution in [1.29, 1.82) is 0 Å². The van der Waals surface area contributed by atoms with E-state index in [2.05, 4.69) is 4.98 Å². The van der Waals surface area contributed by atoms with Gasteiger partial charge in [0, 0.05) is 27.8 Å². The zero-order chi connectivity index (χ0) is 23.0. The molecule has 0 aliphatic carbocycles. The zero-order valence-electron chi connectivity index (χ0n) is 16.9. The summed E-state index contributed by atoms with van der Waals surface area (Å²) in [6.45, 7) is 3.88. The number of halogens is 4. The van der Waals surface area contributed by atoms with Crippen molar-refractivity contribution in [3.05, 3.63) is 82.1 Å². The number of nitrogens with two attached hydrogens (primary N) is 1. The van der Waals surface area contributed by atoms with Crippen LogP contribution < -0.4 is 16.0 Å². The van der Waals surface area contributed by atoms with Gasteiger partial charge < -0.3 is 4.74 Å². The average Bonchev–Trinajstić information content (AvgIpc) is 2.77. The van der Waals surface area contributed by atoms with Gasteiger partial charge in [-0.05, 0) is 30.3 Å². The van der Waals surface area contributed by atoms with E-state index in [0.717, 1.165) is 18.2 Å². The molecule has 3 N–H and O–H groups in total. The number of nitrogens with zero attached hydrogens (tertiary/aromatic N) is 1. The fourth-order valence-electron chi connectivity index (χ4n) is 2.58. The highest BCUT2D eigenvalue weighted by atomic mass is 35.5. The summed E-state index contributed by atoms with van der Waals surface area (Å²) < 4.78 is 48.0. The Morgan fingerprint density at radius 2 is 1.74 bits per heavy atom. The van der Waals surface area contributed by atoms with Crippen molar-refractivity contribution >= 4 is 17.5 Å². The van der Waals surface area contributed by atoms with E-state index in [1.807, 2.05) is 19.3 Å². The molecule has 0 unspecified atom stereocenters. The molecule has 164 valence electrons. The maximum atomic E-state index is 14.5. The maximum absolute atomic E-state index is 14.5. The highest BCUT2D eigenvalue weighted by molar-refractivity contribution is 6.30. The molecule has 0 fully saturated rings. The van der Waals surface area contributed by atoms with Gasteiger partial charge in [0.2, 0.25) is 11.8 Å². The second kappa shape index (κ2) is 11.3. The van der Waals surface area contributed by atoms with Gasteiger partial charge in [-0.3, -0.25) is 10.2 Å². The predicted octanol–water partition coefficient (Wildman–Crippen LogP) is 4.96. The molecule has 1 aromatic heterocycles. The largest absolute Gasteiger partial charge is 0.473 e. The third-order valence-corrected chi connectivity index (χ3v) is 4.27. The lowest BCUT2D eigenvalue weighted by Gasteiger charge is -2.10. The molecule has 1 amide bonds. The summed E-state index contributed by atoms with van der Waals surface area (Å²) in [5.74, 6) is 2.34. The van der Waals surface area contributed by atoms with Gasteiger partial charge >= 0.3 is 0 Å². The van der Waals surface area contributed by atoms with Gasteiger partial charge in [0.15, 0.2) is 0 Å². The lowest BCUT2D eigenvalue weighted by molar-refractivity contribution is -0.120. The van der Waals surface area contributed by atoms with Crippen molar-refractivity contribution in [2.45, 2.75) is 26.9 Å². The Hall–Kier alpha value is -3.10. The lowest BCUT2D eigenvalue weighted by Crippen LogP contribution is -2.31. The minimum atomic E-state index is -0.777. The van der Waals surface area contributed by atoms with Gasteiger partial charge in [0.05, 0.1) is 12.1 Å². The smallest absolute Gasteiger partial charge is 0.238 e. The van der Waals surface area contributed by atoms with Gasteiger partial charge in [0.1, 0.15) is 24.1 Å². The first-order valence-corrected chi connectivity index (χ1v) is 9.76. The number of nitrogens with one attached hydrogen (secondary N) is 1. The van der Waals surface area contributed by atoms with Crippen molar-refractivity contribution in [2.75, 3.05) is 0 Å². The van der Waals surface area contributed by atoms with Crippen LogP contribution in [0.15, 0.2) is 48.5 Å². The van der Waals surface area contributed by atoms with E-state index in [-0.39, 0.29) is 39.9 Å². The molecule has 2 aromatic carbocycles. The Labute approximate surface area is 183 Å². The summed E-state index contributed by atoms with van der Waals surface area (Å²) in [4.78, 5) is 15.4. The number of pyridine rings is 1. The van der Waals surface area contributed by atoms with Crippen molar-refractivity contribution in [2.24, 2.45) is 5.84 Å². The standard InChI is InChI=1S/C20H15ClF3N3O2.C2H6/c21-13-5-4-11(15(22)8-13)10-29-20-3-1-2-18(26-20)14-9-16(23)12(6-17(14)24)7-19(28)27-25;1-2/h1-6,8-9H,7,10,25H2,(H,27,28);1-2H3. The molecule has 0 bridgehead atoms. The van der Waals surface area contributed by atoms with Crippen molar-refractivity contribution < 1.29 is 22.7 Å². The highest BCUT2D eigenvalue weighted by Gasteiger charge is 2.15. The van der Waals surface area contributed by atoms with Crippen LogP contribution in [0.4, 0.5) is 13.2 Å². The summed E-state index contributed by atoms with van der Waals surface area (Å²) in [6, 6.07) is 10.5. The second-order valence-corrected chi connectivity index (χ2v) is 6.49. The molecular formula is C22H21ClF3N3O2. The minimum absolute atomic E-state index is 0.100. The van der Waals surface area contributed by atoms with Crippen LogP contribution in [0.3, 0.4) is 0 Å². The predicted molar refractivity (Wildman–Crippen MR) is 113 cm³/mol. The van der Waals surface area contributed by atoms with Crippen LogP contribution in [0.1, 0.15) is 25.0 Å². The van der Waals surface area contributed by atoms with E-state index in [4.69, 9.17) is 22.2 Å². The Morgan fingerprint density at radius 1 is 1.03 bits per heavy atom. The number of hydrogen-bond acceptors (Lipinski definition) is 4. The van der Waals surface area contributed by atoms with Crippen LogP contribution in [0.25, 0.3) is 11.3 Å². The van der Waals surface area contributed by atoms with Gasteiger partial charge in [-0.2, -0.15) is 0 Å². The summed E-state index contributed by atoms with van der Waals surface area (Å²) in [5.41, 5.74) is 1.99. The van der Waals surface area contributed by atoms with Crippen LogP contribution >= 0.6 is 11.6 Å². The van der Waals surface area contributed by atoms with Gasteiger partial charge in [-0.1, -0.05) is 37.6 Å². The molecule has 0 aliphatic heterocycles. The van der Waals surface area contributed by atoms with E-state index < -0.39 is 29.8 Å². The zero-order valence-corrected chi connectivity index (χ0v) is 17.6. The van der Waals surface area contributed by atoms with E-state index in [1.54, 1.807) is 6.07 Å². The van der Waals surface area contributed by atoms with Crippen LogP contribution in [-0.2, 0) is 17.8 Å². The first kappa shape index (κ1) is 24.2. The molecule has 0 spiro atoms. The highest BCUT2D eigenvalue weighted by Crippen LogP contribution is 2.26. The molecule has 3 rings (SSSR count). The van der Waals surface area contributed by atoms with Crippen LogP contribution in [0.2, 0.25) is 5.02 Å². The number of benzene rings is 2. The number of ether oxygens (including phenoxy) is 1. The summed E-state index contributed by atoms with van der Waals surface area (Å²) in [5, 5.41) is 0.260. The molecule has 5 nitrogen and oxygen atoms in total. The molecule has 3 aromatic rings. The molecule has 9 heteroatoms. The summed E-state index contributed by atoms with van der Waals surface area (Å²) in [7, 11) is 0. The number of carbonyl (C=O) groups excluding carboxylic acids is 1. The number of rotatable bonds is 6. The quantitative estimate of drug-likeness (QED) is 0.315. The molecule has 0 saturated heterocycles. The normalized spacial score (nSPS) is 10.2. The fraction of sp³-hybridized carbons (Fsp3) is 0.182. The van der Waals surface area contributed by atoms with Gasteiger partial charge in [0.25, 0.3) is 0 Å². The third kappa shape index (κ3) is 6.44. The molecule has 31 heavy (non-hydrogen) atoms. The SMILES string of the molecule is CC.NNC(=O)Cc1cc(F)c(-c2cccc(OCc3ccc(Cl)cc3F)n2)cc1F. The molecule has 1 heterocycles. The topological polar surface area (TPSA) is 77.2 Å². The average molecular weight is 452 g/mol. The molecule has 0 atom stereocenters. The summed E-state index contributed by atoms with van der Waals surface area (Å²) in [6.07, 6.45) is -0.400. The fourth-order valence-corrected chi connectivity index (χ4v) is 2.74. The van der Waals surface area contributed by atoms with E-state index >= 15 is 0 Å². The third-order valence-electron chi connectivity index (χ3n) is 4.04. The molecule has 0 aliphatic rings. The molecular weight excluding hydrogens is 431 g/mol. The first-order chi connectivity index (χ1) is 14.9. The Kier molecular flexibility index (Phi) is 8.84. The second-order valence-electron chi connectivity index (χ2n) is 6.05. The number of amides is 1. The Bertz CT molecular complexity index is 1060.